The quantitative estimate of drug-likeness (QED) is 0.840. The Bertz CT molecular complexity index is 479. The molecule has 1 unspecified atom stereocenters. The number of amides is 1. The monoisotopic (exact) mass is 294 g/mol. The first kappa shape index (κ1) is 17.3. The molecule has 5 nitrogen and oxygen atoms in total. The molecule has 0 bridgehead atoms. The van der Waals surface area contributed by atoms with Crippen LogP contribution in [-0.4, -0.2) is 31.2 Å². The standard InChI is InChI=1S/C16H26N2O3/c1-11(17)8-12-6-7-13(20-5)14(9-12)21-10-15(19)18-16(2,3)4/h6-7,9,11H,8,10,17H2,1-5H3,(H,18,19). The van der Waals surface area contributed by atoms with Crippen LogP contribution in [0.1, 0.15) is 33.3 Å². The van der Waals surface area contributed by atoms with Gasteiger partial charge < -0.3 is 20.5 Å². The molecule has 1 aromatic rings. The van der Waals surface area contributed by atoms with Crippen LogP contribution in [0.15, 0.2) is 18.2 Å². The van der Waals surface area contributed by atoms with Gasteiger partial charge in [0.2, 0.25) is 0 Å². The fraction of sp³-hybridized carbons (Fsp3) is 0.562. The summed E-state index contributed by atoms with van der Waals surface area (Å²) in [5.74, 6) is 0.994. The Kier molecular flexibility index (Phi) is 6.03. The van der Waals surface area contributed by atoms with Crippen molar-refractivity contribution in [3.05, 3.63) is 23.8 Å². The summed E-state index contributed by atoms with van der Waals surface area (Å²) >= 11 is 0. The number of ether oxygens (including phenoxy) is 2. The van der Waals surface area contributed by atoms with Gasteiger partial charge in [-0.05, 0) is 51.8 Å². The van der Waals surface area contributed by atoms with Gasteiger partial charge in [-0.1, -0.05) is 6.07 Å². The van der Waals surface area contributed by atoms with E-state index >= 15 is 0 Å². The first-order valence-corrected chi connectivity index (χ1v) is 7.07. The Hall–Kier alpha value is -1.75. The Morgan fingerprint density at radius 1 is 1.33 bits per heavy atom. The normalized spacial score (nSPS) is 12.7. The van der Waals surface area contributed by atoms with Gasteiger partial charge in [0.05, 0.1) is 7.11 Å². The van der Waals surface area contributed by atoms with Crippen molar-refractivity contribution in [2.75, 3.05) is 13.7 Å². The van der Waals surface area contributed by atoms with Crippen LogP contribution in [0.3, 0.4) is 0 Å². The van der Waals surface area contributed by atoms with Gasteiger partial charge in [0.25, 0.3) is 5.91 Å². The van der Waals surface area contributed by atoms with Crippen molar-refractivity contribution in [2.24, 2.45) is 5.73 Å². The molecule has 0 aromatic heterocycles. The number of rotatable bonds is 6. The van der Waals surface area contributed by atoms with E-state index in [-0.39, 0.29) is 24.1 Å². The van der Waals surface area contributed by atoms with Crippen LogP contribution in [0.4, 0.5) is 0 Å². The summed E-state index contributed by atoms with van der Waals surface area (Å²) in [6, 6.07) is 5.71. The highest BCUT2D eigenvalue weighted by Crippen LogP contribution is 2.28. The van der Waals surface area contributed by atoms with E-state index in [2.05, 4.69) is 5.32 Å². The van der Waals surface area contributed by atoms with Crippen molar-refractivity contribution in [1.82, 2.24) is 5.32 Å². The van der Waals surface area contributed by atoms with E-state index in [0.717, 1.165) is 12.0 Å². The number of carbonyl (C=O) groups excluding carboxylic acids is 1. The highest BCUT2D eigenvalue weighted by atomic mass is 16.5. The third-order valence-electron chi connectivity index (χ3n) is 2.66. The minimum absolute atomic E-state index is 0.0464. The smallest absolute Gasteiger partial charge is 0.258 e. The Morgan fingerprint density at radius 3 is 2.52 bits per heavy atom. The Morgan fingerprint density at radius 2 is 2.00 bits per heavy atom. The van der Waals surface area contributed by atoms with Crippen molar-refractivity contribution in [2.45, 2.75) is 45.7 Å². The molecule has 0 aliphatic rings. The molecule has 0 saturated carbocycles. The molecule has 0 radical (unpaired) electrons. The second-order valence-electron chi connectivity index (χ2n) is 6.25. The summed E-state index contributed by atoms with van der Waals surface area (Å²) in [5, 5.41) is 2.85. The molecule has 21 heavy (non-hydrogen) atoms. The fourth-order valence-electron chi connectivity index (χ4n) is 1.93. The van der Waals surface area contributed by atoms with Crippen molar-refractivity contribution >= 4 is 5.91 Å². The zero-order valence-corrected chi connectivity index (χ0v) is 13.5. The molecule has 118 valence electrons. The number of carbonyl (C=O) groups is 1. The fourth-order valence-corrected chi connectivity index (χ4v) is 1.93. The number of methoxy groups -OCH3 is 1. The molecule has 0 fully saturated rings. The molecule has 0 aliphatic carbocycles. The first-order chi connectivity index (χ1) is 9.71. The highest BCUT2D eigenvalue weighted by molar-refractivity contribution is 5.78. The van der Waals surface area contributed by atoms with Crippen molar-refractivity contribution in [1.29, 1.82) is 0 Å². The van der Waals surface area contributed by atoms with Gasteiger partial charge in [0, 0.05) is 11.6 Å². The molecule has 0 aliphatic heterocycles. The minimum Gasteiger partial charge on any atom is -0.493 e. The molecule has 0 saturated heterocycles. The zero-order valence-electron chi connectivity index (χ0n) is 13.5. The number of nitrogens with one attached hydrogen (secondary N) is 1. The van der Waals surface area contributed by atoms with Gasteiger partial charge in [-0.2, -0.15) is 0 Å². The zero-order chi connectivity index (χ0) is 16.0. The summed E-state index contributed by atoms with van der Waals surface area (Å²) in [4.78, 5) is 11.8. The number of nitrogens with two attached hydrogens (primary N) is 1. The van der Waals surface area contributed by atoms with E-state index in [4.69, 9.17) is 15.2 Å². The summed E-state index contributed by atoms with van der Waals surface area (Å²) < 4.78 is 10.8. The van der Waals surface area contributed by atoms with E-state index in [1.54, 1.807) is 7.11 Å². The van der Waals surface area contributed by atoms with Gasteiger partial charge in [-0.3, -0.25) is 4.79 Å². The number of hydrogen-bond acceptors (Lipinski definition) is 4. The molecular formula is C16H26N2O3. The van der Waals surface area contributed by atoms with E-state index in [1.165, 1.54) is 0 Å². The lowest BCUT2D eigenvalue weighted by Crippen LogP contribution is -2.43. The summed E-state index contributed by atoms with van der Waals surface area (Å²) in [6.45, 7) is 7.68. The minimum atomic E-state index is -0.276. The van der Waals surface area contributed by atoms with Gasteiger partial charge in [-0.25, -0.2) is 0 Å². The number of benzene rings is 1. The Balaban J connectivity index is 2.74. The molecule has 5 heteroatoms. The summed E-state index contributed by atoms with van der Waals surface area (Å²) in [6.07, 6.45) is 0.745. The van der Waals surface area contributed by atoms with Gasteiger partial charge in [-0.15, -0.1) is 0 Å². The van der Waals surface area contributed by atoms with Crippen LogP contribution >= 0.6 is 0 Å². The molecule has 1 aromatic carbocycles. The highest BCUT2D eigenvalue weighted by Gasteiger charge is 2.15. The first-order valence-electron chi connectivity index (χ1n) is 7.07. The van der Waals surface area contributed by atoms with Crippen LogP contribution in [-0.2, 0) is 11.2 Å². The van der Waals surface area contributed by atoms with Gasteiger partial charge in [0.1, 0.15) is 0 Å². The van der Waals surface area contributed by atoms with Crippen LogP contribution in [0.5, 0.6) is 11.5 Å². The van der Waals surface area contributed by atoms with Gasteiger partial charge in [0.15, 0.2) is 18.1 Å². The molecule has 0 heterocycles. The van der Waals surface area contributed by atoms with E-state index in [9.17, 15) is 4.79 Å². The van der Waals surface area contributed by atoms with Gasteiger partial charge >= 0.3 is 0 Å². The van der Waals surface area contributed by atoms with Crippen LogP contribution in [0.25, 0.3) is 0 Å². The second-order valence-corrected chi connectivity index (χ2v) is 6.25. The van der Waals surface area contributed by atoms with Crippen LogP contribution < -0.4 is 20.5 Å². The molecular weight excluding hydrogens is 268 g/mol. The van der Waals surface area contributed by atoms with Crippen LogP contribution in [0.2, 0.25) is 0 Å². The van der Waals surface area contributed by atoms with E-state index in [0.29, 0.717) is 11.5 Å². The molecule has 3 N–H and O–H groups in total. The predicted molar refractivity (Wildman–Crippen MR) is 83.7 cm³/mol. The summed E-state index contributed by atoms with van der Waals surface area (Å²) in [5.41, 5.74) is 6.58. The van der Waals surface area contributed by atoms with E-state index in [1.807, 2.05) is 45.9 Å². The third kappa shape index (κ3) is 6.49. The Labute approximate surface area is 126 Å². The lowest BCUT2D eigenvalue weighted by atomic mass is 10.1. The molecule has 1 atom stereocenters. The molecule has 1 amide bonds. The van der Waals surface area contributed by atoms with Crippen molar-refractivity contribution in [3.8, 4) is 11.5 Å². The SMILES string of the molecule is COc1ccc(CC(C)N)cc1OCC(=O)NC(C)(C)C. The molecule has 1 rings (SSSR count). The lowest BCUT2D eigenvalue weighted by Gasteiger charge is -2.21. The second kappa shape index (κ2) is 7.31. The average molecular weight is 294 g/mol. The maximum Gasteiger partial charge on any atom is 0.258 e. The predicted octanol–water partition coefficient (Wildman–Crippen LogP) is 1.88. The lowest BCUT2D eigenvalue weighted by molar-refractivity contribution is -0.124. The average Bonchev–Trinajstić information content (AvgIpc) is 2.33. The van der Waals surface area contributed by atoms with Crippen LogP contribution in [0, 0.1) is 0 Å². The molecule has 0 spiro atoms. The third-order valence-corrected chi connectivity index (χ3v) is 2.66. The topological polar surface area (TPSA) is 73.6 Å². The maximum atomic E-state index is 11.8. The van der Waals surface area contributed by atoms with E-state index < -0.39 is 0 Å². The van der Waals surface area contributed by atoms with Crippen molar-refractivity contribution in [3.63, 3.8) is 0 Å². The van der Waals surface area contributed by atoms with Crippen molar-refractivity contribution < 1.29 is 14.3 Å². The largest absolute Gasteiger partial charge is 0.493 e. The maximum absolute atomic E-state index is 11.8. The number of hydrogen-bond donors (Lipinski definition) is 2. The summed E-state index contributed by atoms with van der Waals surface area (Å²) in [7, 11) is 1.57.